The van der Waals surface area contributed by atoms with E-state index in [9.17, 15) is 4.79 Å². The van der Waals surface area contributed by atoms with Crippen LogP contribution in [0.1, 0.15) is 10.7 Å². The van der Waals surface area contributed by atoms with E-state index in [-0.39, 0.29) is 17.6 Å². The van der Waals surface area contributed by atoms with Crippen LogP contribution in [0.4, 0.5) is 5.69 Å². The lowest BCUT2D eigenvalue weighted by Crippen LogP contribution is -2.48. The van der Waals surface area contributed by atoms with Crippen molar-refractivity contribution < 1.29 is 9.32 Å². The second-order valence-electron chi connectivity index (χ2n) is 5.77. The quantitative estimate of drug-likeness (QED) is 0.697. The van der Waals surface area contributed by atoms with E-state index in [1.807, 2.05) is 24.3 Å². The largest absolute Gasteiger partial charge is 0.368 e. The molecule has 0 aliphatic carbocycles. The molecule has 9 heteroatoms. The van der Waals surface area contributed by atoms with E-state index >= 15 is 0 Å². The first-order valence-electron chi connectivity index (χ1n) is 8.10. The summed E-state index contributed by atoms with van der Waals surface area (Å²) >= 11 is 6.05. The van der Waals surface area contributed by atoms with E-state index < -0.39 is 0 Å². The highest BCUT2D eigenvalue weighted by atomic mass is 35.5. The minimum atomic E-state index is -0.279. The molecule has 3 aromatic rings. The Morgan fingerprint density at radius 1 is 1.15 bits per heavy atom. The fraction of sp³-hybridized carbons (Fsp3) is 0.235. The molecule has 1 saturated heterocycles. The minimum Gasteiger partial charge on any atom is -0.368 e. The Morgan fingerprint density at radius 3 is 2.73 bits per heavy atom. The monoisotopic (exact) mass is 370 g/mol. The number of anilines is 1. The summed E-state index contributed by atoms with van der Waals surface area (Å²) in [6, 6.07) is 7.69. The van der Waals surface area contributed by atoms with Gasteiger partial charge in [0.15, 0.2) is 0 Å². The highest BCUT2D eigenvalue weighted by molar-refractivity contribution is 6.30. The van der Waals surface area contributed by atoms with Gasteiger partial charge in [-0.1, -0.05) is 22.8 Å². The third-order valence-electron chi connectivity index (χ3n) is 4.14. The van der Waals surface area contributed by atoms with Crippen molar-refractivity contribution in [3.8, 4) is 11.5 Å². The summed E-state index contributed by atoms with van der Waals surface area (Å²) in [7, 11) is 0. The molecule has 8 nitrogen and oxygen atoms in total. The highest BCUT2D eigenvalue weighted by Crippen LogP contribution is 2.21. The SMILES string of the molecule is O=C(c1nc(-c2cnccn2)no1)N1CCN(c2cccc(Cl)c2)CC1. The average molecular weight is 371 g/mol. The number of nitrogens with zero attached hydrogens (tertiary/aromatic N) is 6. The first-order valence-corrected chi connectivity index (χ1v) is 8.48. The Hall–Kier alpha value is -3.00. The van der Waals surface area contributed by atoms with Gasteiger partial charge in [0, 0.05) is 49.3 Å². The lowest BCUT2D eigenvalue weighted by atomic mass is 10.2. The number of aromatic nitrogens is 4. The predicted molar refractivity (Wildman–Crippen MR) is 94.9 cm³/mol. The number of rotatable bonds is 3. The highest BCUT2D eigenvalue weighted by Gasteiger charge is 2.26. The topological polar surface area (TPSA) is 88.2 Å². The molecular formula is C17H15ClN6O2. The van der Waals surface area contributed by atoms with Crippen LogP contribution in [0.2, 0.25) is 5.02 Å². The molecule has 0 N–H and O–H groups in total. The van der Waals surface area contributed by atoms with Crippen LogP contribution >= 0.6 is 11.6 Å². The number of benzene rings is 1. The standard InChI is InChI=1S/C17H15ClN6O2/c18-12-2-1-3-13(10-12)23-6-8-24(9-7-23)17(25)16-21-15(22-26-16)14-11-19-4-5-20-14/h1-5,10-11H,6-9H2. The maximum atomic E-state index is 12.6. The van der Waals surface area contributed by atoms with Gasteiger partial charge in [-0.15, -0.1) is 0 Å². The number of carbonyl (C=O) groups is 1. The van der Waals surface area contributed by atoms with E-state index in [0.29, 0.717) is 36.9 Å². The Morgan fingerprint density at radius 2 is 2.00 bits per heavy atom. The Bertz CT molecular complexity index is 908. The molecular weight excluding hydrogens is 356 g/mol. The second kappa shape index (κ2) is 7.09. The van der Waals surface area contributed by atoms with Crippen LogP contribution in [0.25, 0.3) is 11.5 Å². The number of hydrogen-bond acceptors (Lipinski definition) is 7. The van der Waals surface area contributed by atoms with Crippen molar-refractivity contribution in [3.63, 3.8) is 0 Å². The van der Waals surface area contributed by atoms with Crippen molar-refractivity contribution in [1.82, 2.24) is 25.0 Å². The summed E-state index contributed by atoms with van der Waals surface area (Å²) in [5, 5.41) is 4.51. The van der Waals surface area contributed by atoms with Crippen molar-refractivity contribution in [1.29, 1.82) is 0 Å². The average Bonchev–Trinajstić information content (AvgIpc) is 3.18. The van der Waals surface area contributed by atoms with Crippen molar-refractivity contribution in [3.05, 3.63) is 53.8 Å². The van der Waals surface area contributed by atoms with Gasteiger partial charge in [0.25, 0.3) is 0 Å². The van der Waals surface area contributed by atoms with E-state index in [4.69, 9.17) is 16.1 Å². The molecule has 2 aromatic heterocycles. The van der Waals surface area contributed by atoms with Crippen LogP contribution in [0.3, 0.4) is 0 Å². The van der Waals surface area contributed by atoms with Gasteiger partial charge < -0.3 is 14.3 Å². The number of halogens is 1. The zero-order valence-corrected chi connectivity index (χ0v) is 14.5. The van der Waals surface area contributed by atoms with Gasteiger partial charge >= 0.3 is 11.8 Å². The summed E-state index contributed by atoms with van der Waals surface area (Å²) in [5.41, 5.74) is 1.51. The fourth-order valence-corrected chi connectivity index (χ4v) is 2.99. The first kappa shape index (κ1) is 16.5. The maximum Gasteiger partial charge on any atom is 0.316 e. The van der Waals surface area contributed by atoms with Crippen LogP contribution < -0.4 is 4.90 Å². The second-order valence-corrected chi connectivity index (χ2v) is 6.21. The van der Waals surface area contributed by atoms with Gasteiger partial charge in [-0.2, -0.15) is 4.98 Å². The molecule has 132 valence electrons. The van der Waals surface area contributed by atoms with Gasteiger partial charge in [-0.3, -0.25) is 9.78 Å². The minimum absolute atomic E-state index is 0.0399. The number of piperazine rings is 1. The van der Waals surface area contributed by atoms with E-state index in [2.05, 4.69) is 25.0 Å². The van der Waals surface area contributed by atoms with Gasteiger partial charge in [-0.05, 0) is 18.2 Å². The lowest BCUT2D eigenvalue weighted by molar-refractivity contribution is 0.0696. The molecule has 1 aliphatic rings. The molecule has 0 unspecified atom stereocenters. The number of hydrogen-bond donors (Lipinski definition) is 0. The molecule has 1 aliphatic heterocycles. The summed E-state index contributed by atoms with van der Waals surface area (Å²) in [4.78, 5) is 28.7. The van der Waals surface area contributed by atoms with E-state index in [1.54, 1.807) is 11.1 Å². The van der Waals surface area contributed by atoms with Crippen LogP contribution in [0.5, 0.6) is 0 Å². The summed E-state index contributed by atoms with van der Waals surface area (Å²) < 4.78 is 5.11. The molecule has 0 bridgehead atoms. The van der Waals surface area contributed by atoms with Crippen LogP contribution in [-0.4, -0.2) is 57.1 Å². The molecule has 0 radical (unpaired) electrons. The van der Waals surface area contributed by atoms with Crippen LogP contribution in [-0.2, 0) is 0 Å². The molecule has 1 aromatic carbocycles. The van der Waals surface area contributed by atoms with Crippen molar-refractivity contribution in [2.75, 3.05) is 31.1 Å². The van der Waals surface area contributed by atoms with Crippen LogP contribution in [0.15, 0.2) is 47.4 Å². The van der Waals surface area contributed by atoms with Gasteiger partial charge in [0.05, 0.1) is 6.20 Å². The molecule has 3 heterocycles. The van der Waals surface area contributed by atoms with E-state index in [1.165, 1.54) is 12.4 Å². The van der Waals surface area contributed by atoms with Gasteiger partial charge in [-0.25, -0.2) is 4.98 Å². The fourth-order valence-electron chi connectivity index (χ4n) is 2.80. The lowest BCUT2D eigenvalue weighted by Gasteiger charge is -2.35. The molecule has 0 saturated carbocycles. The van der Waals surface area contributed by atoms with Gasteiger partial charge in [0.2, 0.25) is 5.82 Å². The van der Waals surface area contributed by atoms with Crippen LogP contribution in [0, 0.1) is 0 Å². The van der Waals surface area contributed by atoms with Gasteiger partial charge in [0.1, 0.15) is 5.69 Å². The van der Waals surface area contributed by atoms with Crippen molar-refractivity contribution >= 4 is 23.2 Å². The number of amides is 1. The Kier molecular flexibility index (Phi) is 4.49. The third kappa shape index (κ3) is 3.36. The summed E-state index contributed by atoms with van der Waals surface area (Å²) in [6.07, 6.45) is 4.60. The molecule has 4 rings (SSSR count). The molecule has 26 heavy (non-hydrogen) atoms. The summed E-state index contributed by atoms with van der Waals surface area (Å²) in [5.74, 6) is -0.0701. The third-order valence-corrected chi connectivity index (χ3v) is 4.38. The smallest absolute Gasteiger partial charge is 0.316 e. The molecule has 0 atom stereocenters. The molecule has 1 amide bonds. The summed E-state index contributed by atoms with van der Waals surface area (Å²) in [6.45, 7) is 2.54. The Balaban J connectivity index is 1.42. The normalized spacial score (nSPS) is 14.5. The zero-order chi connectivity index (χ0) is 17.9. The zero-order valence-electron chi connectivity index (χ0n) is 13.7. The molecule has 1 fully saturated rings. The number of carbonyl (C=O) groups excluding carboxylic acids is 1. The molecule has 0 spiro atoms. The predicted octanol–water partition coefficient (Wildman–Crippen LogP) is 2.14. The first-order chi connectivity index (χ1) is 12.7. The van der Waals surface area contributed by atoms with Crippen molar-refractivity contribution in [2.24, 2.45) is 0 Å². The Labute approximate surface area is 154 Å². The maximum absolute atomic E-state index is 12.6. The van der Waals surface area contributed by atoms with E-state index in [0.717, 1.165) is 5.69 Å². The van der Waals surface area contributed by atoms with Crippen molar-refractivity contribution in [2.45, 2.75) is 0 Å².